The van der Waals surface area contributed by atoms with E-state index in [0.29, 0.717) is 17.0 Å². The summed E-state index contributed by atoms with van der Waals surface area (Å²) in [5.74, 6) is 0.604. The second-order valence-corrected chi connectivity index (χ2v) is 8.29. The summed E-state index contributed by atoms with van der Waals surface area (Å²) in [5, 5.41) is 0. The van der Waals surface area contributed by atoms with Gasteiger partial charge in [-0.1, -0.05) is 0 Å². The number of methoxy groups -OCH3 is 1. The van der Waals surface area contributed by atoms with Crippen molar-refractivity contribution in [3.8, 4) is 17.0 Å². The van der Waals surface area contributed by atoms with Crippen molar-refractivity contribution in [2.45, 2.75) is 16.7 Å². The standard InChI is InChI=1S/C19H20N2O3S2/c1-13-11-14(25-3)6-8-17(13)21-26(22,23)15-7-9-19(24-2)16(12-15)18-5-4-10-20-18/h4-12,20-21H,1-3H3. The van der Waals surface area contributed by atoms with Gasteiger partial charge in [-0.3, -0.25) is 4.72 Å². The second-order valence-electron chi connectivity index (χ2n) is 5.73. The third kappa shape index (κ3) is 3.73. The Balaban J connectivity index is 1.98. The minimum absolute atomic E-state index is 0.177. The van der Waals surface area contributed by atoms with E-state index in [1.807, 2.05) is 37.4 Å². The molecule has 0 fully saturated rings. The number of aryl methyl sites for hydroxylation is 1. The number of aromatic nitrogens is 1. The topological polar surface area (TPSA) is 71.2 Å². The molecule has 0 saturated carbocycles. The Hall–Kier alpha value is -2.38. The first kappa shape index (κ1) is 18.4. The van der Waals surface area contributed by atoms with E-state index in [4.69, 9.17) is 4.74 Å². The van der Waals surface area contributed by atoms with E-state index in [2.05, 4.69) is 9.71 Å². The van der Waals surface area contributed by atoms with E-state index in [9.17, 15) is 8.42 Å². The van der Waals surface area contributed by atoms with Gasteiger partial charge >= 0.3 is 0 Å². The largest absolute Gasteiger partial charge is 0.496 e. The number of hydrogen-bond acceptors (Lipinski definition) is 4. The molecule has 0 saturated heterocycles. The number of anilines is 1. The minimum Gasteiger partial charge on any atom is -0.496 e. The summed E-state index contributed by atoms with van der Waals surface area (Å²) in [4.78, 5) is 4.34. The summed E-state index contributed by atoms with van der Waals surface area (Å²) in [6.45, 7) is 1.88. The number of hydrogen-bond donors (Lipinski definition) is 2. The molecule has 2 N–H and O–H groups in total. The van der Waals surface area contributed by atoms with Gasteiger partial charge in [-0.25, -0.2) is 8.42 Å². The Bertz CT molecular complexity index is 1010. The molecule has 2 aromatic carbocycles. The van der Waals surface area contributed by atoms with Crippen LogP contribution in [0.2, 0.25) is 0 Å². The lowest BCUT2D eigenvalue weighted by Crippen LogP contribution is -2.14. The molecule has 136 valence electrons. The van der Waals surface area contributed by atoms with Crippen LogP contribution in [0.5, 0.6) is 5.75 Å². The number of aromatic amines is 1. The van der Waals surface area contributed by atoms with E-state index in [0.717, 1.165) is 16.2 Å². The monoisotopic (exact) mass is 388 g/mol. The van der Waals surface area contributed by atoms with E-state index >= 15 is 0 Å². The summed E-state index contributed by atoms with van der Waals surface area (Å²) in [7, 11) is -2.16. The summed E-state index contributed by atoms with van der Waals surface area (Å²) in [6, 6.07) is 14.2. The fourth-order valence-corrected chi connectivity index (χ4v) is 4.30. The summed E-state index contributed by atoms with van der Waals surface area (Å²) >= 11 is 1.62. The lowest BCUT2D eigenvalue weighted by molar-refractivity contribution is 0.416. The Morgan fingerprint density at radius 3 is 2.54 bits per heavy atom. The minimum atomic E-state index is -3.72. The first-order valence-corrected chi connectivity index (χ1v) is 10.6. The number of ether oxygens (including phenoxy) is 1. The number of rotatable bonds is 6. The Labute approximate surface area is 157 Å². The van der Waals surface area contributed by atoms with Crippen LogP contribution in [0.1, 0.15) is 5.56 Å². The van der Waals surface area contributed by atoms with Crippen LogP contribution < -0.4 is 9.46 Å². The van der Waals surface area contributed by atoms with Crippen molar-refractivity contribution in [1.29, 1.82) is 0 Å². The van der Waals surface area contributed by atoms with Crippen molar-refractivity contribution in [2.24, 2.45) is 0 Å². The van der Waals surface area contributed by atoms with Crippen molar-refractivity contribution in [3.63, 3.8) is 0 Å². The van der Waals surface area contributed by atoms with Crippen molar-refractivity contribution >= 4 is 27.5 Å². The van der Waals surface area contributed by atoms with Gasteiger partial charge in [-0.05, 0) is 67.3 Å². The van der Waals surface area contributed by atoms with Gasteiger partial charge in [0.05, 0.1) is 17.7 Å². The van der Waals surface area contributed by atoms with E-state index in [1.54, 1.807) is 49.3 Å². The molecule has 0 amide bonds. The maximum atomic E-state index is 12.9. The van der Waals surface area contributed by atoms with Crippen LogP contribution in [-0.2, 0) is 10.0 Å². The second kappa shape index (κ2) is 7.47. The maximum Gasteiger partial charge on any atom is 0.261 e. The van der Waals surface area contributed by atoms with Gasteiger partial charge in [-0.15, -0.1) is 11.8 Å². The van der Waals surface area contributed by atoms with E-state index in [-0.39, 0.29) is 4.90 Å². The van der Waals surface area contributed by atoms with Gasteiger partial charge in [-0.2, -0.15) is 0 Å². The highest BCUT2D eigenvalue weighted by Crippen LogP contribution is 2.32. The molecule has 1 aromatic heterocycles. The molecule has 0 aliphatic rings. The number of H-pyrrole nitrogens is 1. The van der Waals surface area contributed by atoms with Crippen LogP contribution in [0.3, 0.4) is 0 Å². The molecule has 1 heterocycles. The first-order valence-electron chi connectivity index (χ1n) is 7.94. The Kier molecular flexibility index (Phi) is 5.29. The molecule has 0 aliphatic carbocycles. The van der Waals surface area contributed by atoms with Crippen LogP contribution in [0.15, 0.2) is 64.5 Å². The SMILES string of the molecule is COc1ccc(S(=O)(=O)Nc2ccc(SC)cc2C)cc1-c1ccc[nH]1. The quantitative estimate of drug-likeness (QED) is 0.609. The zero-order chi connectivity index (χ0) is 18.7. The highest BCUT2D eigenvalue weighted by atomic mass is 32.2. The molecule has 0 atom stereocenters. The predicted octanol–water partition coefficient (Wildman–Crippen LogP) is 4.52. The smallest absolute Gasteiger partial charge is 0.261 e. The number of thioether (sulfide) groups is 1. The predicted molar refractivity (Wildman–Crippen MR) is 107 cm³/mol. The van der Waals surface area contributed by atoms with Crippen LogP contribution in [-0.4, -0.2) is 26.8 Å². The van der Waals surface area contributed by atoms with Crippen LogP contribution in [0.4, 0.5) is 5.69 Å². The molecule has 3 aromatic rings. The van der Waals surface area contributed by atoms with Crippen molar-refractivity contribution in [2.75, 3.05) is 18.1 Å². The van der Waals surface area contributed by atoms with Crippen molar-refractivity contribution < 1.29 is 13.2 Å². The molecule has 26 heavy (non-hydrogen) atoms. The number of sulfonamides is 1. The highest BCUT2D eigenvalue weighted by Gasteiger charge is 2.18. The highest BCUT2D eigenvalue weighted by molar-refractivity contribution is 7.98. The van der Waals surface area contributed by atoms with Gasteiger partial charge in [0, 0.05) is 22.3 Å². The molecule has 0 unspecified atom stereocenters. The van der Waals surface area contributed by atoms with Crippen molar-refractivity contribution in [3.05, 3.63) is 60.3 Å². The number of benzene rings is 2. The zero-order valence-electron chi connectivity index (χ0n) is 14.7. The van der Waals surface area contributed by atoms with Gasteiger partial charge in [0.25, 0.3) is 10.0 Å². The normalized spacial score (nSPS) is 11.3. The molecular formula is C19H20N2O3S2. The fraction of sp³-hybridized carbons (Fsp3) is 0.158. The molecule has 0 aliphatic heterocycles. The lowest BCUT2D eigenvalue weighted by Gasteiger charge is -2.14. The van der Waals surface area contributed by atoms with Gasteiger partial charge in [0.2, 0.25) is 0 Å². The molecule has 5 nitrogen and oxygen atoms in total. The molecule has 7 heteroatoms. The average molecular weight is 389 g/mol. The third-order valence-corrected chi connectivity index (χ3v) is 6.14. The molecular weight excluding hydrogens is 368 g/mol. The Morgan fingerprint density at radius 1 is 1.12 bits per heavy atom. The summed E-state index contributed by atoms with van der Waals surface area (Å²) in [6.07, 6.45) is 3.77. The maximum absolute atomic E-state index is 12.9. The van der Waals surface area contributed by atoms with Crippen LogP contribution in [0, 0.1) is 6.92 Å². The van der Waals surface area contributed by atoms with Crippen LogP contribution >= 0.6 is 11.8 Å². The van der Waals surface area contributed by atoms with Crippen molar-refractivity contribution in [1.82, 2.24) is 4.98 Å². The summed E-state index contributed by atoms with van der Waals surface area (Å²) in [5.41, 5.74) is 2.92. The van der Waals surface area contributed by atoms with E-state index < -0.39 is 10.0 Å². The zero-order valence-corrected chi connectivity index (χ0v) is 16.4. The first-order chi connectivity index (χ1) is 12.4. The average Bonchev–Trinajstić information content (AvgIpc) is 3.17. The molecule has 0 bridgehead atoms. The van der Waals surface area contributed by atoms with E-state index in [1.165, 1.54) is 0 Å². The fourth-order valence-electron chi connectivity index (χ4n) is 2.64. The van der Waals surface area contributed by atoms with Crippen LogP contribution in [0.25, 0.3) is 11.3 Å². The summed E-state index contributed by atoms with van der Waals surface area (Å²) < 4.78 is 33.8. The molecule has 3 rings (SSSR count). The third-order valence-electron chi connectivity index (χ3n) is 4.05. The van der Waals surface area contributed by atoms with Gasteiger partial charge in [0.15, 0.2) is 0 Å². The number of nitrogens with one attached hydrogen (secondary N) is 2. The Morgan fingerprint density at radius 2 is 1.92 bits per heavy atom. The molecule has 0 radical (unpaired) electrons. The van der Waals surface area contributed by atoms with Gasteiger partial charge in [0.1, 0.15) is 5.75 Å². The lowest BCUT2D eigenvalue weighted by atomic mass is 10.1. The molecule has 0 spiro atoms. The van der Waals surface area contributed by atoms with Gasteiger partial charge < -0.3 is 9.72 Å².